The third-order valence-electron chi connectivity index (χ3n) is 4.92. The van der Waals surface area contributed by atoms with Crippen molar-refractivity contribution in [2.24, 2.45) is 5.92 Å². The van der Waals surface area contributed by atoms with Crippen LogP contribution in [-0.4, -0.2) is 21.8 Å². The molecular formula is C18H22O4. The second kappa shape index (κ2) is 5.04. The number of carbonyl (C=O) groups is 1. The van der Waals surface area contributed by atoms with E-state index in [9.17, 15) is 9.90 Å². The molecule has 1 aromatic rings. The van der Waals surface area contributed by atoms with Crippen molar-refractivity contribution in [2.75, 3.05) is 0 Å². The molecule has 0 unspecified atom stereocenters. The van der Waals surface area contributed by atoms with E-state index in [2.05, 4.69) is 26.8 Å². The van der Waals surface area contributed by atoms with Crippen molar-refractivity contribution in [3.63, 3.8) is 0 Å². The molecule has 1 aliphatic heterocycles. The predicted octanol–water partition coefficient (Wildman–Crippen LogP) is 3.63. The smallest absolute Gasteiger partial charge is 0.307 e. The minimum absolute atomic E-state index is 0.113. The Hall–Kier alpha value is -1.97. The molecule has 4 heteroatoms. The molecule has 0 saturated carbocycles. The van der Waals surface area contributed by atoms with Crippen LogP contribution in [0.2, 0.25) is 0 Å². The van der Waals surface area contributed by atoms with Crippen molar-refractivity contribution in [1.82, 2.24) is 0 Å². The summed E-state index contributed by atoms with van der Waals surface area (Å²) in [5, 5.41) is 19.4. The van der Waals surface area contributed by atoms with Gasteiger partial charge in [-0.2, -0.15) is 0 Å². The summed E-state index contributed by atoms with van der Waals surface area (Å²) in [6, 6.07) is 3.34. The number of phenols is 1. The number of fused-ring (bicyclic) bond motifs is 3. The molecule has 0 spiro atoms. The van der Waals surface area contributed by atoms with E-state index in [1.807, 2.05) is 0 Å². The fourth-order valence-corrected chi connectivity index (χ4v) is 3.90. The lowest BCUT2D eigenvalue weighted by atomic mass is 9.67. The van der Waals surface area contributed by atoms with Gasteiger partial charge in [0, 0.05) is 17.4 Å². The molecule has 4 nitrogen and oxygen atoms in total. The van der Waals surface area contributed by atoms with Gasteiger partial charge in [-0.25, -0.2) is 0 Å². The molecule has 2 atom stereocenters. The topological polar surface area (TPSA) is 66.8 Å². The summed E-state index contributed by atoms with van der Waals surface area (Å²) in [6.45, 7) is 6.26. The summed E-state index contributed by atoms with van der Waals surface area (Å²) in [4.78, 5) is 10.9. The average Bonchev–Trinajstić information content (AvgIpc) is 2.35. The number of allylic oxidation sites excluding steroid dienone is 2. The molecule has 0 aromatic heterocycles. The molecule has 0 saturated heterocycles. The zero-order valence-electron chi connectivity index (χ0n) is 13.2. The van der Waals surface area contributed by atoms with Crippen LogP contribution in [0.4, 0.5) is 0 Å². The number of hydrogen-bond donors (Lipinski definition) is 2. The van der Waals surface area contributed by atoms with E-state index >= 15 is 0 Å². The van der Waals surface area contributed by atoms with E-state index in [0.717, 1.165) is 18.4 Å². The van der Waals surface area contributed by atoms with Crippen LogP contribution in [0, 0.1) is 5.92 Å². The molecule has 2 N–H and O–H groups in total. The first kappa shape index (κ1) is 14.9. The summed E-state index contributed by atoms with van der Waals surface area (Å²) >= 11 is 0. The average molecular weight is 302 g/mol. The summed E-state index contributed by atoms with van der Waals surface area (Å²) < 4.78 is 6.14. The Labute approximate surface area is 130 Å². The largest absolute Gasteiger partial charge is 0.508 e. The predicted molar refractivity (Wildman–Crippen MR) is 83.4 cm³/mol. The van der Waals surface area contributed by atoms with Gasteiger partial charge in [0.25, 0.3) is 0 Å². The van der Waals surface area contributed by atoms with Crippen molar-refractivity contribution in [3.8, 4) is 11.5 Å². The Morgan fingerprint density at radius 3 is 2.82 bits per heavy atom. The van der Waals surface area contributed by atoms with Gasteiger partial charge in [0.15, 0.2) is 0 Å². The Bertz CT molecular complexity index is 657. The van der Waals surface area contributed by atoms with E-state index < -0.39 is 5.97 Å². The number of aliphatic carboxylic acids is 1. The Balaban J connectivity index is 2.09. The fourth-order valence-electron chi connectivity index (χ4n) is 3.90. The highest BCUT2D eigenvalue weighted by molar-refractivity contribution is 5.71. The SMILES string of the molecule is CC1=CC[C@@H]2[C@@H](C1)c1c(O)cc(CC(=O)O)cc1OC2(C)C. The number of aromatic hydroxyl groups is 1. The molecule has 2 aliphatic rings. The highest BCUT2D eigenvalue weighted by Gasteiger charge is 2.45. The lowest BCUT2D eigenvalue weighted by molar-refractivity contribution is -0.136. The highest BCUT2D eigenvalue weighted by Crippen LogP contribution is 2.54. The fraction of sp³-hybridized carbons (Fsp3) is 0.500. The second-order valence-corrected chi connectivity index (χ2v) is 7.01. The van der Waals surface area contributed by atoms with Crippen molar-refractivity contribution in [3.05, 3.63) is 34.9 Å². The van der Waals surface area contributed by atoms with E-state index in [0.29, 0.717) is 17.2 Å². The second-order valence-electron chi connectivity index (χ2n) is 7.01. The van der Waals surface area contributed by atoms with Crippen molar-refractivity contribution >= 4 is 5.97 Å². The van der Waals surface area contributed by atoms with Gasteiger partial charge in [-0.3, -0.25) is 4.79 Å². The highest BCUT2D eigenvalue weighted by atomic mass is 16.5. The lowest BCUT2D eigenvalue weighted by Gasteiger charge is -2.47. The van der Waals surface area contributed by atoms with Crippen LogP contribution in [0.25, 0.3) is 0 Å². The van der Waals surface area contributed by atoms with Crippen LogP contribution in [-0.2, 0) is 11.2 Å². The van der Waals surface area contributed by atoms with Gasteiger partial charge in [0.2, 0.25) is 0 Å². The lowest BCUT2D eigenvalue weighted by Crippen LogP contribution is -2.45. The van der Waals surface area contributed by atoms with Crippen molar-refractivity contribution in [2.45, 2.75) is 51.6 Å². The number of benzene rings is 1. The summed E-state index contributed by atoms with van der Waals surface area (Å²) in [5.41, 5.74) is 2.41. The Morgan fingerprint density at radius 2 is 2.14 bits per heavy atom. The normalized spacial score (nSPS) is 25.5. The van der Waals surface area contributed by atoms with Crippen LogP contribution < -0.4 is 4.74 Å². The number of rotatable bonds is 2. The molecule has 0 radical (unpaired) electrons. The third kappa shape index (κ3) is 2.47. The maximum atomic E-state index is 10.9. The Kier molecular flexibility index (Phi) is 3.42. The standard InChI is InChI=1S/C18H22O4/c1-10-4-5-13-12(6-10)17-14(19)7-11(9-16(20)21)8-15(17)22-18(13,2)3/h4,7-8,12-13,19H,5-6,9H2,1-3H3,(H,20,21)/t12-,13-/m1/s1. The first-order chi connectivity index (χ1) is 10.3. The molecule has 0 fully saturated rings. The van der Waals surface area contributed by atoms with Crippen LogP contribution >= 0.6 is 0 Å². The molecule has 0 bridgehead atoms. The van der Waals surface area contributed by atoms with Gasteiger partial charge in [-0.15, -0.1) is 0 Å². The molecule has 22 heavy (non-hydrogen) atoms. The molecule has 0 amide bonds. The van der Waals surface area contributed by atoms with Gasteiger partial charge in [-0.05, 0) is 51.3 Å². The molecular weight excluding hydrogens is 280 g/mol. The molecule has 3 rings (SSSR count). The molecule has 1 aliphatic carbocycles. The van der Waals surface area contributed by atoms with Gasteiger partial charge in [-0.1, -0.05) is 11.6 Å². The summed E-state index contributed by atoms with van der Waals surface area (Å²) in [5.74, 6) is 0.428. The van der Waals surface area contributed by atoms with Crippen LogP contribution in [0.3, 0.4) is 0 Å². The van der Waals surface area contributed by atoms with Gasteiger partial charge < -0.3 is 14.9 Å². The summed E-state index contributed by atoms with van der Waals surface area (Å²) in [7, 11) is 0. The molecule has 1 heterocycles. The van der Waals surface area contributed by atoms with Crippen molar-refractivity contribution < 1.29 is 19.7 Å². The zero-order chi connectivity index (χ0) is 16.1. The molecule has 1 aromatic carbocycles. The first-order valence-corrected chi connectivity index (χ1v) is 7.70. The van der Waals surface area contributed by atoms with E-state index in [1.54, 1.807) is 12.1 Å². The van der Waals surface area contributed by atoms with Crippen LogP contribution in [0.1, 0.15) is 50.7 Å². The number of hydrogen-bond acceptors (Lipinski definition) is 3. The van der Waals surface area contributed by atoms with E-state index in [-0.39, 0.29) is 23.7 Å². The van der Waals surface area contributed by atoms with Crippen LogP contribution in [0.15, 0.2) is 23.8 Å². The number of phenolic OH excluding ortho intramolecular Hbond substituents is 1. The van der Waals surface area contributed by atoms with Crippen LogP contribution in [0.5, 0.6) is 11.5 Å². The maximum absolute atomic E-state index is 10.9. The first-order valence-electron chi connectivity index (χ1n) is 7.70. The van der Waals surface area contributed by atoms with Gasteiger partial charge in [0.05, 0.1) is 6.42 Å². The quantitative estimate of drug-likeness (QED) is 0.819. The number of carboxylic acid groups (broad SMARTS) is 1. The number of carboxylic acids is 1. The van der Waals surface area contributed by atoms with Crippen molar-refractivity contribution in [1.29, 1.82) is 0 Å². The third-order valence-corrected chi connectivity index (χ3v) is 4.92. The monoisotopic (exact) mass is 302 g/mol. The van der Waals surface area contributed by atoms with Gasteiger partial charge >= 0.3 is 5.97 Å². The minimum atomic E-state index is -0.913. The molecule has 118 valence electrons. The zero-order valence-corrected chi connectivity index (χ0v) is 13.2. The van der Waals surface area contributed by atoms with Gasteiger partial charge in [0.1, 0.15) is 17.1 Å². The Morgan fingerprint density at radius 1 is 1.41 bits per heavy atom. The number of ether oxygens (including phenoxy) is 1. The summed E-state index contributed by atoms with van der Waals surface area (Å²) in [6.07, 6.45) is 4.00. The maximum Gasteiger partial charge on any atom is 0.307 e. The van der Waals surface area contributed by atoms with E-state index in [1.165, 1.54) is 5.57 Å². The minimum Gasteiger partial charge on any atom is -0.508 e. The van der Waals surface area contributed by atoms with E-state index in [4.69, 9.17) is 9.84 Å².